The van der Waals surface area contributed by atoms with Crippen LogP contribution in [0.4, 0.5) is 5.82 Å². The number of amides is 1. The van der Waals surface area contributed by atoms with Crippen LogP contribution >= 0.6 is 11.6 Å². The zero-order valence-electron chi connectivity index (χ0n) is 13.9. The number of carbonyl (C=O) groups excluding carboxylic acids is 2. The highest BCUT2D eigenvalue weighted by atomic mass is 35.5. The van der Waals surface area contributed by atoms with Gasteiger partial charge in [0.2, 0.25) is 5.91 Å². The largest absolute Gasteiger partial charge is 0.462 e. The molecular formula is C17H20ClN3O3. The van der Waals surface area contributed by atoms with Gasteiger partial charge >= 0.3 is 5.97 Å². The first-order valence-corrected chi connectivity index (χ1v) is 8.12. The molecule has 0 aliphatic rings. The van der Waals surface area contributed by atoms with Crippen LogP contribution in [0.2, 0.25) is 0 Å². The van der Waals surface area contributed by atoms with Crippen molar-refractivity contribution < 1.29 is 14.3 Å². The van der Waals surface area contributed by atoms with E-state index in [-0.39, 0.29) is 29.8 Å². The van der Waals surface area contributed by atoms with Crippen LogP contribution < -0.4 is 5.32 Å². The van der Waals surface area contributed by atoms with Gasteiger partial charge in [0.1, 0.15) is 5.56 Å². The average Bonchev–Trinajstić information content (AvgIpc) is 2.99. The Bertz CT molecular complexity index is 726. The number of nitrogens with zero attached hydrogens (tertiary/aromatic N) is 2. The van der Waals surface area contributed by atoms with E-state index in [0.717, 1.165) is 0 Å². The first kappa shape index (κ1) is 18.0. The lowest BCUT2D eigenvalue weighted by atomic mass is 9.95. The highest BCUT2D eigenvalue weighted by Crippen LogP contribution is 2.25. The minimum Gasteiger partial charge on any atom is -0.462 e. The molecule has 1 N–H and O–H groups in total. The molecule has 0 bridgehead atoms. The zero-order valence-corrected chi connectivity index (χ0v) is 14.6. The third-order valence-corrected chi connectivity index (χ3v) is 4.11. The summed E-state index contributed by atoms with van der Waals surface area (Å²) >= 11 is 5.86. The van der Waals surface area contributed by atoms with E-state index in [1.165, 1.54) is 10.9 Å². The topological polar surface area (TPSA) is 73.2 Å². The normalized spacial score (nSPS) is 11.2. The number of nitrogens with one attached hydrogen (secondary N) is 1. The Morgan fingerprint density at radius 3 is 2.54 bits per heavy atom. The van der Waals surface area contributed by atoms with Gasteiger partial charge in [-0.3, -0.25) is 4.79 Å². The quantitative estimate of drug-likeness (QED) is 0.641. The zero-order chi connectivity index (χ0) is 17.7. The van der Waals surface area contributed by atoms with Crippen LogP contribution in [0.5, 0.6) is 0 Å². The van der Waals surface area contributed by atoms with Crippen molar-refractivity contribution >= 4 is 29.3 Å². The second kappa shape index (κ2) is 7.49. The fourth-order valence-electron chi connectivity index (χ4n) is 1.93. The number of rotatable bonds is 6. The van der Waals surface area contributed by atoms with Crippen LogP contribution in [-0.2, 0) is 9.53 Å². The summed E-state index contributed by atoms with van der Waals surface area (Å²) in [4.78, 5) is 24.6. The molecule has 1 aromatic carbocycles. The molecule has 0 aliphatic carbocycles. The van der Waals surface area contributed by atoms with Gasteiger partial charge in [0, 0.05) is 5.88 Å². The SMILES string of the molecule is CCOC(=O)c1cnn(-c2ccccc2)c1NC(=O)C(C)(C)CCl. The third-order valence-electron chi connectivity index (χ3n) is 3.45. The summed E-state index contributed by atoms with van der Waals surface area (Å²) in [6, 6.07) is 9.20. The number of hydrogen-bond donors (Lipinski definition) is 1. The van der Waals surface area contributed by atoms with Crippen LogP contribution in [0.25, 0.3) is 5.69 Å². The number of anilines is 1. The molecule has 1 aromatic heterocycles. The Kier molecular flexibility index (Phi) is 5.62. The number of aromatic nitrogens is 2. The summed E-state index contributed by atoms with van der Waals surface area (Å²) in [5.74, 6) is -0.435. The number of esters is 1. The Balaban J connectivity index is 2.47. The minimum absolute atomic E-state index is 0.146. The lowest BCUT2D eigenvalue weighted by Crippen LogP contribution is -2.33. The molecule has 1 heterocycles. The van der Waals surface area contributed by atoms with Gasteiger partial charge in [-0.2, -0.15) is 5.10 Å². The number of benzene rings is 1. The molecule has 0 fully saturated rings. The molecule has 0 atom stereocenters. The van der Waals surface area contributed by atoms with Gasteiger partial charge in [-0.1, -0.05) is 18.2 Å². The van der Waals surface area contributed by atoms with Crippen LogP contribution in [0.3, 0.4) is 0 Å². The second-order valence-corrected chi connectivity index (χ2v) is 6.11. The van der Waals surface area contributed by atoms with Crippen LogP contribution in [0, 0.1) is 5.41 Å². The highest BCUT2D eigenvalue weighted by molar-refractivity contribution is 6.20. The Morgan fingerprint density at radius 1 is 1.29 bits per heavy atom. The molecule has 0 radical (unpaired) electrons. The van der Waals surface area contributed by atoms with Crippen molar-refractivity contribution in [3.63, 3.8) is 0 Å². The van der Waals surface area contributed by atoms with Gasteiger partial charge in [-0.15, -0.1) is 11.6 Å². The summed E-state index contributed by atoms with van der Waals surface area (Å²) in [5.41, 5.74) is 0.116. The summed E-state index contributed by atoms with van der Waals surface area (Å²) in [6.45, 7) is 5.40. The van der Waals surface area contributed by atoms with Gasteiger partial charge in [0.05, 0.1) is 23.9 Å². The monoisotopic (exact) mass is 349 g/mol. The fraction of sp³-hybridized carbons (Fsp3) is 0.353. The molecule has 0 unspecified atom stereocenters. The van der Waals surface area contributed by atoms with E-state index in [1.807, 2.05) is 30.3 Å². The molecule has 0 saturated heterocycles. The number of hydrogen-bond acceptors (Lipinski definition) is 4. The van der Waals surface area contributed by atoms with Crippen molar-refractivity contribution in [1.29, 1.82) is 0 Å². The fourth-order valence-corrected chi connectivity index (χ4v) is 2.05. The van der Waals surface area contributed by atoms with Crippen molar-refractivity contribution in [1.82, 2.24) is 9.78 Å². The molecule has 6 nitrogen and oxygen atoms in total. The molecule has 128 valence electrons. The van der Waals surface area contributed by atoms with E-state index in [1.54, 1.807) is 20.8 Å². The minimum atomic E-state index is -0.792. The number of carbonyl (C=O) groups is 2. The van der Waals surface area contributed by atoms with Crippen molar-refractivity contribution in [2.75, 3.05) is 17.8 Å². The Labute approximate surface area is 145 Å². The molecule has 1 amide bonds. The van der Waals surface area contributed by atoms with Gasteiger partial charge in [0.15, 0.2) is 5.82 Å². The first-order chi connectivity index (χ1) is 11.4. The van der Waals surface area contributed by atoms with E-state index < -0.39 is 11.4 Å². The molecule has 24 heavy (non-hydrogen) atoms. The van der Waals surface area contributed by atoms with Gasteiger partial charge in [-0.25, -0.2) is 9.48 Å². The van der Waals surface area contributed by atoms with Crippen LogP contribution in [0.1, 0.15) is 31.1 Å². The number of alkyl halides is 1. The second-order valence-electron chi connectivity index (χ2n) is 5.85. The van der Waals surface area contributed by atoms with E-state index >= 15 is 0 Å². The van der Waals surface area contributed by atoms with E-state index in [9.17, 15) is 9.59 Å². The molecular weight excluding hydrogens is 330 g/mol. The van der Waals surface area contributed by atoms with Gasteiger partial charge < -0.3 is 10.1 Å². The van der Waals surface area contributed by atoms with Gasteiger partial charge in [-0.05, 0) is 32.9 Å². The lowest BCUT2D eigenvalue weighted by molar-refractivity contribution is -0.123. The average molecular weight is 350 g/mol. The standard InChI is InChI=1S/C17H20ClN3O3/c1-4-24-15(22)13-10-19-21(12-8-6-5-7-9-12)14(13)20-16(23)17(2,3)11-18/h5-10H,4,11H2,1-3H3,(H,20,23). The lowest BCUT2D eigenvalue weighted by Gasteiger charge is -2.21. The van der Waals surface area contributed by atoms with Gasteiger partial charge in [0.25, 0.3) is 0 Å². The van der Waals surface area contributed by atoms with Crippen LogP contribution in [-0.4, -0.2) is 34.1 Å². The first-order valence-electron chi connectivity index (χ1n) is 7.58. The molecule has 0 spiro atoms. The maximum Gasteiger partial charge on any atom is 0.343 e. The molecule has 2 rings (SSSR count). The predicted molar refractivity (Wildman–Crippen MR) is 92.7 cm³/mol. The molecule has 0 aliphatic heterocycles. The maximum absolute atomic E-state index is 12.5. The van der Waals surface area contributed by atoms with Crippen molar-refractivity contribution in [2.24, 2.45) is 5.41 Å². The Morgan fingerprint density at radius 2 is 1.96 bits per heavy atom. The van der Waals surface area contributed by atoms with Crippen LogP contribution in [0.15, 0.2) is 36.5 Å². The predicted octanol–water partition coefficient (Wildman–Crippen LogP) is 3.25. The molecule has 2 aromatic rings. The van der Waals surface area contributed by atoms with Crippen molar-refractivity contribution in [3.05, 3.63) is 42.1 Å². The number of para-hydroxylation sites is 1. The van der Waals surface area contributed by atoms with E-state index in [0.29, 0.717) is 5.69 Å². The molecule has 0 saturated carbocycles. The smallest absolute Gasteiger partial charge is 0.343 e. The van der Waals surface area contributed by atoms with Crippen molar-refractivity contribution in [2.45, 2.75) is 20.8 Å². The number of ether oxygens (including phenoxy) is 1. The highest BCUT2D eigenvalue weighted by Gasteiger charge is 2.30. The van der Waals surface area contributed by atoms with Crippen molar-refractivity contribution in [3.8, 4) is 5.69 Å². The summed E-state index contributed by atoms with van der Waals surface area (Å²) in [7, 11) is 0. The maximum atomic E-state index is 12.5. The summed E-state index contributed by atoms with van der Waals surface area (Å²) in [6.07, 6.45) is 1.38. The van der Waals surface area contributed by atoms with E-state index in [4.69, 9.17) is 16.3 Å². The van der Waals surface area contributed by atoms with E-state index in [2.05, 4.69) is 10.4 Å². The molecule has 7 heteroatoms. The summed E-state index contributed by atoms with van der Waals surface area (Å²) < 4.78 is 6.54. The number of halogens is 1. The Hall–Kier alpha value is -2.34. The summed E-state index contributed by atoms with van der Waals surface area (Å²) in [5, 5.41) is 6.98. The third kappa shape index (κ3) is 3.76.